The number of nitrogens with one attached hydrogen (secondary N) is 1. The number of nitrogens with zero attached hydrogens (tertiary/aromatic N) is 1. The normalized spacial score (nSPS) is 13.1. The minimum absolute atomic E-state index is 0.00436. The van der Waals surface area contributed by atoms with Gasteiger partial charge in [0, 0.05) is 23.4 Å². The molecule has 6 nitrogen and oxygen atoms in total. The summed E-state index contributed by atoms with van der Waals surface area (Å²) in [5.74, 6) is -0.828. The van der Waals surface area contributed by atoms with Gasteiger partial charge in [-0.1, -0.05) is 36.4 Å². The molecule has 0 bridgehead atoms. The number of benzene rings is 3. The molecule has 0 aliphatic heterocycles. The van der Waals surface area contributed by atoms with Crippen LogP contribution >= 0.6 is 0 Å². The Morgan fingerprint density at radius 2 is 1.77 bits per heavy atom. The van der Waals surface area contributed by atoms with Crippen LogP contribution in [0.15, 0.2) is 66.7 Å². The molecule has 1 amide bonds. The monoisotopic (exact) mass is 472 g/mol. The smallest absolute Gasteiger partial charge is 0.353 e. The summed E-state index contributed by atoms with van der Waals surface area (Å²) in [6, 6.07) is 18.7. The number of anilines is 1. The molecule has 0 radical (unpaired) electrons. The lowest BCUT2D eigenvalue weighted by Crippen LogP contribution is -2.15. The summed E-state index contributed by atoms with van der Waals surface area (Å²) < 4.78 is 20.8. The van der Waals surface area contributed by atoms with E-state index in [2.05, 4.69) is 5.32 Å². The highest BCUT2D eigenvalue weighted by atomic mass is 19.1. The lowest BCUT2D eigenvalue weighted by Gasteiger charge is -2.13. The van der Waals surface area contributed by atoms with Crippen molar-refractivity contribution in [1.82, 2.24) is 4.57 Å². The average molecular weight is 473 g/mol. The molecule has 1 saturated carbocycles. The Balaban J connectivity index is 1.73. The van der Waals surface area contributed by atoms with Crippen LogP contribution in [0.4, 0.5) is 10.1 Å². The van der Waals surface area contributed by atoms with Crippen molar-refractivity contribution in [2.45, 2.75) is 26.3 Å². The fourth-order valence-electron chi connectivity index (χ4n) is 4.42. The third-order valence-electron chi connectivity index (χ3n) is 6.20. The number of carboxylic acids is 1. The van der Waals surface area contributed by atoms with Crippen LogP contribution in [-0.2, 0) is 11.3 Å². The summed E-state index contributed by atoms with van der Waals surface area (Å²) in [5, 5.41) is 14.1. The second-order valence-corrected chi connectivity index (χ2v) is 8.66. The molecule has 3 aromatic carbocycles. The summed E-state index contributed by atoms with van der Waals surface area (Å²) in [6.45, 7) is 2.63. The van der Waals surface area contributed by atoms with Gasteiger partial charge >= 0.3 is 5.97 Å². The van der Waals surface area contributed by atoms with E-state index in [0.29, 0.717) is 34.5 Å². The highest BCUT2D eigenvalue weighted by Crippen LogP contribution is 2.40. The Bertz CT molecular complexity index is 1400. The maximum Gasteiger partial charge on any atom is 0.353 e. The van der Waals surface area contributed by atoms with E-state index < -0.39 is 5.97 Å². The fourth-order valence-corrected chi connectivity index (χ4v) is 4.42. The van der Waals surface area contributed by atoms with Gasteiger partial charge in [-0.05, 0) is 61.2 Å². The first-order valence-electron chi connectivity index (χ1n) is 11.6. The number of carbonyl (C=O) groups is 2. The summed E-state index contributed by atoms with van der Waals surface area (Å²) >= 11 is 0. The number of halogens is 1. The van der Waals surface area contributed by atoms with E-state index in [-0.39, 0.29) is 29.9 Å². The van der Waals surface area contributed by atoms with Crippen LogP contribution in [0, 0.1) is 11.7 Å². The maximum absolute atomic E-state index is 13.5. The molecule has 0 atom stereocenters. The molecular weight excluding hydrogens is 447 g/mol. The molecule has 5 rings (SSSR count). The van der Waals surface area contributed by atoms with Crippen LogP contribution in [0.25, 0.3) is 22.0 Å². The lowest BCUT2D eigenvalue weighted by atomic mass is 10.0. The van der Waals surface area contributed by atoms with E-state index in [1.165, 1.54) is 12.1 Å². The SMILES string of the molecule is CCOc1ccc(-c2c(C(=O)O)n(Cc3ccc(F)cc3)c3c(NC(=O)C4CC4)cccc23)cc1. The zero-order chi connectivity index (χ0) is 24.5. The quantitative estimate of drug-likeness (QED) is 0.333. The molecule has 4 aromatic rings. The van der Waals surface area contributed by atoms with Crippen molar-refractivity contribution >= 4 is 28.5 Å². The number of aromatic carboxylic acids is 1. The zero-order valence-corrected chi connectivity index (χ0v) is 19.3. The van der Waals surface area contributed by atoms with Gasteiger partial charge in [0.05, 0.1) is 17.8 Å². The van der Waals surface area contributed by atoms with Crippen LogP contribution in [0.2, 0.25) is 0 Å². The molecule has 1 aliphatic carbocycles. The molecule has 178 valence electrons. The van der Waals surface area contributed by atoms with Gasteiger partial charge in [-0.25, -0.2) is 9.18 Å². The highest BCUT2D eigenvalue weighted by Gasteiger charge is 2.31. The van der Waals surface area contributed by atoms with Crippen molar-refractivity contribution in [2.75, 3.05) is 11.9 Å². The lowest BCUT2D eigenvalue weighted by molar-refractivity contribution is -0.117. The number of fused-ring (bicyclic) bond motifs is 1. The third-order valence-corrected chi connectivity index (χ3v) is 6.20. The van der Waals surface area contributed by atoms with E-state index in [0.717, 1.165) is 24.0 Å². The number of para-hydroxylation sites is 1. The van der Waals surface area contributed by atoms with Crippen molar-refractivity contribution in [3.63, 3.8) is 0 Å². The van der Waals surface area contributed by atoms with Crippen LogP contribution in [0.5, 0.6) is 5.75 Å². The van der Waals surface area contributed by atoms with Crippen LogP contribution in [-0.4, -0.2) is 28.2 Å². The molecule has 0 saturated heterocycles. The van der Waals surface area contributed by atoms with Crippen molar-refractivity contribution < 1.29 is 23.8 Å². The van der Waals surface area contributed by atoms with Gasteiger partial charge in [-0.2, -0.15) is 0 Å². The van der Waals surface area contributed by atoms with E-state index in [1.807, 2.05) is 43.3 Å². The number of hydrogen-bond acceptors (Lipinski definition) is 3. The topological polar surface area (TPSA) is 80.6 Å². The first-order chi connectivity index (χ1) is 17.0. The van der Waals surface area contributed by atoms with Crippen LogP contribution in [0.1, 0.15) is 35.8 Å². The minimum atomic E-state index is -1.09. The number of amides is 1. The number of carbonyl (C=O) groups excluding carboxylic acids is 1. The first-order valence-corrected chi connectivity index (χ1v) is 11.6. The van der Waals surface area contributed by atoms with Gasteiger partial charge in [-0.3, -0.25) is 4.79 Å². The standard InChI is InChI=1S/C28H25FN2O4/c1-2-35-21-14-10-18(11-15-21)24-22-4-3-5-23(30-27(32)19-8-9-19)25(22)31(26(24)28(33)34)16-17-6-12-20(29)13-7-17/h3-7,10-15,19H,2,8-9,16H2,1H3,(H,30,32)(H,33,34). The number of aromatic nitrogens is 1. The zero-order valence-electron chi connectivity index (χ0n) is 19.3. The van der Waals surface area contributed by atoms with Gasteiger partial charge in [-0.15, -0.1) is 0 Å². The van der Waals surface area contributed by atoms with E-state index in [9.17, 15) is 19.1 Å². The van der Waals surface area contributed by atoms with Gasteiger partial charge in [0.15, 0.2) is 0 Å². The second-order valence-electron chi connectivity index (χ2n) is 8.66. The van der Waals surface area contributed by atoms with Gasteiger partial charge in [0.2, 0.25) is 5.91 Å². The van der Waals surface area contributed by atoms with Gasteiger partial charge in [0.1, 0.15) is 17.3 Å². The number of carboxylic acid groups (broad SMARTS) is 1. The molecule has 0 unspecified atom stereocenters. The molecule has 1 heterocycles. The molecule has 2 N–H and O–H groups in total. The predicted molar refractivity (Wildman–Crippen MR) is 132 cm³/mol. The van der Waals surface area contributed by atoms with Crippen LogP contribution < -0.4 is 10.1 Å². The Labute approximate surface area is 202 Å². The van der Waals surface area contributed by atoms with E-state index >= 15 is 0 Å². The van der Waals surface area contributed by atoms with Crippen molar-refractivity contribution in [2.24, 2.45) is 5.92 Å². The molecular formula is C28H25FN2O4. The summed E-state index contributed by atoms with van der Waals surface area (Å²) in [6.07, 6.45) is 1.71. The summed E-state index contributed by atoms with van der Waals surface area (Å²) in [5.41, 5.74) is 3.29. The van der Waals surface area contributed by atoms with Crippen molar-refractivity contribution in [3.05, 3.63) is 83.8 Å². The molecule has 1 aliphatic rings. The summed E-state index contributed by atoms with van der Waals surface area (Å²) in [4.78, 5) is 25.3. The second kappa shape index (κ2) is 9.25. The molecule has 35 heavy (non-hydrogen) atoms. The largest absolute Gasteiger partial charge is 0.494 e. The summed E-state index contributed by atoms with van der Waals surface area (Å²) in [7, 11) is 0. The van der Waals surface area contributed by atoms with Gasteiger partial charge < -0.3 is 19.7 Å². The maximum atomic E-state index is 13.5. The molecule has 7 heteroatoms. The Morgan fingerprint density at radius 3 is 2.40 bits per heavy atom. The number of ether oxygens (including phenoxy) is 1. The minimum Gasteiger partial charge on any atom is -0.494 e. The van der Waals surface area contributed by atoms with E-state index in [4.69, 9.17) is 4.74 Å². The van der Waals surface area contributed by atoms with Crippen molar-refractivity contribution in [3.8, 4) is 16.9 Å². The molecule has 1 aromatic heterocycles. The fraction of sp³-hybridized carbons (Fsp3) is 0.214. The number of rotatable bonds is 8. The predicted octanol–water partition coefficient (Wildman–Crippen LogP) is 5.94. The first kappa shape index (κ1) is 22.7. The third kappa shape index (κ3) is 4.49. The Hall–Kier alpha value is -4.13. The van der Waals surface area contributed by atoms with Crippen molar-refractivity contribution in [1.29, 1.82) is 0 Å². The molecule has 1 fully saturated rings. The van der Waals surface area contributed by atoms with Gasteiger partial charge in [0.25, 0.3) is 0 Å². The van der Waals surface area contributed by atoms with E-state index in [1.54, 1.807) is 22.8 Å². The molecule has 0 spiro atoms. The highest BCUT2D eigenvalue weighted by molar-refractivity contribution is 6.13. The number of hydrogen-bond donors (Lipinski definition) is 2. The van der Waals surface area contributed by atoms with Crippen LogP contribution in [0.3, 0.4) is 0 Å². The Morgan fingerprint density at radius 1 is 1.06 bits per heavy atom. The average Bonchev–Trinajstić information content (AvgIpc) is 3.64. The Kier molecular flexibility index (Phi) is 5.99.